The van der Waals surface area contributed by atoms with E-state index in [9.17, 15) is 9.59 Å². The Hall–Kier alpha value is -2.18. The Bertz CT molecular complexity index is 738. The first-order valence-electron chi connectivity index (χ1n) is 8.08. The minimum absolute atomic E-state index is 0.00531. The molecule has 23 heavy (non-hydrogen) atoms. The van der Waals surface area contributed by atoms with Crippen molar-refractivity contribution in [3.8, 4) is 0 Å². The van der Waals surface area contributed by atoms with Crippen LogP contribution in [0.25, 0.3) is 11.0 Å². The number of fused-ring (bicyclic) bond motifs is 1. The summed E-state index contributed by atoms with van der Waals surface area (Å²) in [5.74, 6) is -0.0548. The van der Waals surface area contributed by atoms with Gasteiger partial charge in [0.05, 0.1) is 6.20 Å². The van der Waals surface area contributed by atoms with Crippen LogP contribution in [0.15, 0.2) is 17.3 Å². The number of hydrogen-bond acceptors (Lipinski definition) is 4. The number of carbonyl (C=O) groups excluding carboxylic acids is 1. The summed E-state index contributed by atoms with van der Waals surface area (Å²) in [5.41, 5.74) is 0.295. The molecule has 0 saturated heterocycles. The van der Waals surface area contributed by atoms with Gasteiger partial charge in [0, 0.05) is 19.1 Å². The predicted octanol–water partition coefficient (Wildman–Crippen LogP) is 1.56. The molecule has 0 unspecified atom stereocenters. The second kappa shape index (κ2) is 6.93. The Labute approximate surface area is 135 Å². The van der Waals surface area contributed by atoms with E-state index in [4.69, 9.17) is 0 Å². The van der Waals surface area contributed by atoms with Crippen molar-refractivity contribution < 1.29 is 4.79 Å². The van der Waals surface area contributed by atoms with Crippen molar-refractivity contribution in [2.24, 2.45) is 7.05 Å². The lowest BCUT2D eigenvalue weighted by atomic mass is 10.1. The van der Waals surface area contributed by atoms with E-state index in [1.165, 1.54) is 17.1 Å². The lowest BCUT2D eigenvalue weighted by molar-refractivity contribution is -0.136. The van der Waals surface area contributed by atoms with Crippen LogP contribution >= 0.6 is 0 Å². The first-order valence-corrected chi connectivity index (χ1v) is 8.08. The number of aromatic nitrogens is 4. The van der Waals surface area contributed by atoms with Crippen molar-refractivity contribution in [3.63, 3.8) is 0 Å². The summed E-state index contributed by atoms with van der Waals surface area (Å²) in [6.45, 7) is 8.20. The second-order valence-electron chi connectivity index (χ2n) is 6.00. The highest BCUT2D eigenvalue weighted by atomic mass is 16.2. The molecule has 126 valence electrons. The fourth-order valence-corrected chi connectivity index (χ4v) is 2.73. The van der Waals surface area contributed by atoms with Gasteiger partial charge in [-0.15, -0.1) is 0 Å². The number of nitrogens with zero attached hydrogens (tertiary/aromatic N) is 5. The molecule has 0 aliphatic rings. The molecule has 7 heteroatoms. The minimum Gasteiger partial charge on any atom is -0.336 e. The molecule has 1 amide bonds. The van der Waals surface area contributed by atoms with Crippen molar-refractivity contribution in [1.82, 2.24) is 24.2 Å². The van der Waals surface area contributed by atoms with Gasteiger partial charge in [0.2, 0.25) is 5.91 Å². The van der Waals surface area contributed by atoms with Gasteiger partial charge in [-0.25, -0.2) is 4.98 Å². The first-order chi connectivity index (χ1) is 10.9. The van der Waals surface area contributed by atoms with E-state index in [2.05, 4.69) is 23.9 Å². The van der Waals surface area contributed by atoms with Crippen LogP contribution in [0.2, 0.25) is 0 Å². The maximum Gasteiger partial charge on any atom is 0.264 e. The van der Waals surface area contributed by atoms with Crippen LogP contribution in [0.5, 0.6) is 0 Å². The van der Waals surface area contributed by atoms with E-state index >= 15 is 0 Å². The lowest BCUT2D eigenvalue weighted by Gasteiger charge is -2.34. The normalized spacial score (nSPS) is 14.0. The Morgan fingerprint density at radius 3 is 2.43 bits per heavy atom. The van der Waals surface area contributed by atoms with E-state index in [0.717, 1.165) is 12.8 Å². The highest BCUT2D eigenvalue weighted by molar-refractivity contribution is 5.77. The SMILES string of the molecule is CC[C@@H](C)N(C(=O)Cn1cnc2c(cnn2C)c1=O)[C@H](C)CC. The van der Waals surface area contributed by atoms with E-state index in [1.54, 1.807) is 11.7 Å². The molecule has 2 aromatic heterocycles. The first kappa shape index (κ1) is 17.2. The van der Waals surface area contributed by atoms with Gasteiger partial charge in [-0.2, -0.15) is 5.10 Å². The summed E-state index contributed by atoms with van der Waals surface area (Å²) >= 11 is 0. The van der Waals surface area contributed by atoms with Gasteiger partial charge in [-0.1, -0.05) is 13.8 Å². The molecule has 0 saturated carbocycles. The zero-order valence-corrected chi connectivity index (χ0v) is 14.5. The third-order valence-electron chi connectivity index (χ3n) is 4.44. The lowest BCUT2D eigenvalue weighted by Crippen LogP contribution is -2.46. The Balaban J connectivity index is 2.31. The van der Waals surface area contributed by atoms with E-state index in [1.807, 2.05) is 18.7 Å². The number of hydrogen-bond donors (Lipinski definition) is 0. The van der Waals surface area contributed by atoms with Crippen LogP contribution in [-0.4, -0.2) is 42.2 Å². The molecule has 0 aliphatic heterocycles. The molecule has 2 atom stereocenters. The van der Waals surface area contributed by atoms with Crippen molar-refractivity contribution in [2.75, 3.05) is 0 Å². The number of carbonyl (C=O) groups is 1. The number of aryl methyl sites for hydroxylation is 1. The van der Waals surface area contributed by atoms with Gasteiger partial charge in [0.15, 0.2) is 5.65 Å². The summed E-state index contributed by atoms with van der Waals surface area (Å²) in [5, 5.41) is 4.47. The molecule has 0 bridgehead atoms. The van der Waals surface area contributed by atoms with Crippen molar-refractivity contribution in [2.45, 2.75) is 59.2 Å². The molecule has 7 nitrogen and oxygen atoms in total. The van der Waals surface area contributed by atoms with Gasteiger partial charge in [-0.05, 0) is 26.7 Å². The van der Waals surface area contributed by atoms with Crippen molar-refractivity contribution in [3.05, 3.63) is 22.9 Å². The molecule has 2 aromatic rings. The van der Waals surface area contributed by atoms with Gasteiger partial charge < -0.3 is 4.90 Å². The summed E-state index contributed by atoms with van der Waals surface area (Å²) < 4.78 is 2.91. The fraction of sp³-hybridized carbons (Fsp3) is 0.625. The minimum atomic E-state index is -0.232. The molecule has 2 heterocycles. The molecule has 0 aliphatic carbocycles. The topological polar surface area (TPSA) is 73.0 Å². The summed E-state index contributed by atoms with van der Waals surface area (Å²) in [4.78, 5) is 31.3. The summed E-state index contributed by atoms with van der Waals surface area (Å²) in [7, 11) is 1.73. The maximum absolute atomic E-state index is 12.7. The molecule has 2 rings (SSSR count). The monoisotopic (exact) mass is 319 g/mol. The quantitative estimate of drug-likeness (QED) is 0.810. The van der Waals surface area contributed by atoms with Crippen LogP contribution in [0, 0.1) is 0 Å². The summed E-state index contributed by atoms with van der Waals surface area (Å²) in [6, 6.07) is 0.284. The molecule has 0 spiro atoms. The van der Waals surface area contributed by atoms with Crippen LogP contribution in [0.1, 0.15) is 40.5 Å². The largest absolute Gasteiger partial charge is 0.336 e. The average Bonchev–Trinajstić information content (AvgIpc) is 2.91. The maximum atomic E-state index is 12.7. The Morgan fingerprint density at radius 1 is 1.26 bits per heavy atom. The third kappa shape index (κ3) is 3.28. The van der Waals surface area contributed by atoms with Gasteiger partial charge in [-0.3, -0.25) is 18.8 Å². The Kier molecular flexibility index (Phi) is 5.18. The van der Waals surface area contributed by atoms with Crippen molar-refractivity contribution >= 4 is 16.9 Å². The fourth-order valence-electron chi connectivity index (χ4n) is 2.73. The molecule has 0 N–H and O–H groups in total. The van der Waals surface area contributed by atoms with Crippen LogP contribution in [0.4, 0.5) is 0 Å². The van der Waals surface area contributed by atoms with Crippen LogP contribution < -0.4 is 5.56 Å². The van der Waals surface area contributed by atoms with E-state index in [0.29, 0.717) is 11.0 Å². The zero-order chi connectivity index (χ0) is 17.1. The number of amides is 1. The van der Waals surface area contributed by atoms with E-state index in [-0.39, 0.29) is 30.1 Å². The number of rotatable bonds is 6. The molecule has 0 fully saturated rings. The smallest absolute Gasteiger partial charge is 0.264 e. The zero-order valence-electron chi connectivity index (χ0n) is 14.5. The van der Waals surface area contributed by atoms with Crippen LogP contribution in [0.3, 0.4) is 0 Å². The molecular formula is C16H25N5O2. The average molecular weight is 319 g/mol. The molecular weight excluding hydrogens is 294 g/mol. The predicted molar refractivity (Wildman–Crippen MR) is 89.1 cm³/mol. The summed E-state index contributed by atoms with van der Waals surface area (Å²) in [6.07, 6.45) is 4.68. The van der Waals surface area contributed by atoms with Crippen LogP contribution in [-0.2, 0) is 18.4 Å². The van der Waals surface area contributed by atoms with Crippen molar-refractivity contribution in [1.29, 1.82) is 0 Å². The Morgan fingerprint density at radius 2 is 1.87 bits per heavy atom. The molecule has 0 aromatic carbocycles. The van der Waals surface area contributed by atoms with Gasteiger partial charge in [0.1, 0.15) is 18.3 Å². The third-order valence-corrected chi connectivity index (χ3v) is 4.44. The standard InChI is InChI=1S/C16H25N5O2/c1-6-11(3)21(12(4)7-2)14(22)9-20-10-17-15-13(16(20)23)8-18-19(15)5/h8,10-12H,6-7,9H2,1-5H3/t11-,12-/m1/s1. The second-order valence-corrected chi connectivity index (χ2v) is 6.00. The van der Waals surface area contributed by atoms with E-state index < -0.39 is 0 Å². The molecule has 0 radical (unpaired) electrons. The highest BCUT2D eigenvalue weighted by Gasteiger charge is 2.24. The van der Waals surface area contributed by atoms with Gasteiger partial charge >= 0.3 is 0 Å². The van der Waals surface area contributed by atoms with Gasteiger partial charge in [0.25, 0.3) is 5.56 Å². The highest BCUT2D eigenvalue weighted by Crippen LogP contribution is 2.13.